The molecule has 5 heteroatoms. The second-order valence-electron chi connectivity index (χ2n) is 6.56. The molecule has 1 aromatic rings. The van der Waals surface area contributed by atoms with E-state index in [0.717, 1.165) is 19.3 Å². The number of ether oxygens (including phenoxy) is 1. The number of hydrogen-bond acceptors (Lipinski definition) is 3. The van der Waals surface area contributed by atoms with E-state index < -0.39 is 17.6 Å². The van der Waals surface area contributed by atoms with Gasteiger partial charge in [0.05, 0.1) is 0 Å². The molecule has 1 aromatic carbocycles. The van der Waals surface area contributed by atoms with Gasteiger partial charge in [-0.3, -0.25) is 4.79 Å². The molecule has 2 N–H and O–H groups in total. The first-order chi connectivity index (χ1) is 11.1. The number of benzene rings is 1. The van der Waals surface area contributed by atoms with Gasteiger partial charge in [0.25, 0.3) is 0 Å². The molecule has 1 saturated heterocycles. The molecule has 1 saturated carbocycles. The van der Waals surface area contributed by atoms with Gasteiger partial charge in [-0.2, -0.15) is 0 Å². The normalized spacial score (nSPS) is 30.8. The average Bonchev–Trinajstić information content (AvgIpc) is 3.11. The summed E-state index contributed by atoms with van der Waals surface area (Å²) in [5, 5.41) is 12.5. The van der Waals surface area contributed by atoms with E-state index in [1.165, 1.54) is 5.56 Å². The Labute approximate surface area is 136 Å². The van der Waals surface area contributed by atoms with Crippen LogP contribution in [0.3, 0.4) is 0 Å². The van der Waals surface area contributed by atoms with Crippen LogP contribution in [-0.2, 0) is 14.3 Å². The maximum Gasteiger partial charge on any atom is 0.329 e. The molecule has 0 bridgehead atoms. The first kappa shape index (κ1) is 16.0. The molecule has 0 radical (unpaired) electrons. The lowest BCUT2D eigenvalue weighted by atomic mass is 9.74. The van der Waals surface area contributed by atoms with Crippen LogP contribution in [-0.4, -0.2) is 35.2 Å². The minimum absolute atomic E-state index is 0.275. The second-order valence-corrected chi connectivity index (χ2v) is 6.56. The summed E-state index contributed by atoms with van der Waals surface area (Å²) < 4.78 is 5.37. The molecular weight excluding hydrogens is 294 g/mol. The highest BCUT2D eigenvalue weighted by Gasteiger charge is 2.44. The molecule has 2 aliphatic rings. The van der Waals surface area contributed by atoms with Crippen LogP contribution in [0.25, 0.3) is 0 Å². The molecule has 0 spiro atoms. The predicted molar refractivity (Wildman–Crippen MR) is 85.1 cm³/mol. The first-order valence-electron chi connectivity index (χ1n) is 8.33. The zero-order valence-electron chi connectivity index (χ0n) is 13.2. The topological polar surface area (TPSA) is 75.6 Å². The van der Waals surface area contributed by atoms with Crippen molar-refractivity contribution >= 4 is 11.9 Å². The summed E-state index contributed by atoms with van der Waals surface area (Å²) in [4.78, 5) is 24.1. The standard InChI is InChI=1S/C18H23NO4/c20-16(15-7-4-12-23-15)19-18(17(21)22)10-8-14(9-11-18)13-5-2-1-3-6-13/h1-3,5-6,14-15H,4,7-12H2,(H,19,20)(H,21,22)/t14?,15-,18?/m0/s1. The van der Waals surface area contributed by atoms with Crippen molar-refractivity contribution in [3.63, 3.8) is 0 Å². The monoisotopic (exact) mass is 317 g/mol. The Hall–Kier alpha value is -1.88. The van der Waals surface area contributed by atoms with Crippen molar-refractivity contribution in [1.29, 1.82) is 0 Å². The summed E-state index contributed by atoms with van der Waals surface area (Å²) >= 11 is 0. The van der Waals surface area contributed by atoms with Crippen LogP contribution >= 0.6 is 0 Å². The SMILES string of the molecule is O=C(NC1(C(=O)O)CCC(c2ccccc2)CC1)[C@@H]1CCCO1. The minimum Gasteiger partial charge on any atom is -0.480 e. The number of carbonyl (C=O) groups excluding carboxylic acids is 1. The molecule has 1 atom stereocenters. The molecule has 1 heterocycles. The second kappa shape index (κ2) is 6.71. The van der Waals surface area contributed by atoms with Crippen LogP contribution in [0, 0.1) is 0 Å². The van der Waals surface area contributed by atoms with E-state index in [1.54, 1.807) is 0 Å². The number of aliphatic carboxylic acids is 1. The largest absolute Gasteiger partial charge is 0.480 e. The Kier molecular flexibility index (Phi) is 4.66. The fourth-order valence-corrected chi connectivity index (χ4v) is 3.66. The molecule has 124 valence electrons. The van der Waals surface area contributed by atoms with E-state index in [4.69, 9.17) is 4.74 Å². The fraction of sp³-hybridized carbons (Fsp3) is 0.556. The van der Waals surface area contributed by atoms with Crippen LogP contribution in [0.15, 0.2) is 30.3 Å². The van der Waals surface area contributed by atoms with Crippen molar-refractivity contribution in [3.05, 3.63) is 35.9 Å². The molecule has 0 aromatic heterocycles. The van der Waals surface area contributed by atoms with Gasteiger partial charge in [0.2, 0.25) is 5.91 Å². The van der Waals surface area contributed by atoms with E-state index in [2.05, 4.69) is 17.4 Å². The molecule has 23 heavy (non-hydrogen) atoms. The Balaban J connectivity index is 1.66. The predicted octanol–water partition coefficient (Wildman–Crippen LogP) is 2.46. The van der Waals surface area contributed by atoms with Gasteiger partial charge >= 0.3 is 5.97 Å². The molecule has 0 unspecified atom stereocenters. The summed E-state index contributed by atoms with van der Waals surface area (Å²) in [5.74, 6) is -0.846. The summed E-state index contributed by atoms with van der Waals surface area (Å²) in [5.41, 5.74) is 0.103. The highest BCUT2D eigenvalue weighted by Crippen LogP contribution is 2.38. The van der Waals surface area contributed by atoms with E-state index in [-0.39, 0.29) is 5.91 Å². The summed E-state index contributed by atoms with van der Waals surface area (Å²) in [7, 11) is 0. The highest BCUT2D eigenvalue weighted by molar-refractivity contribution is 5.89. The maximum atomic E-state index is 12.3. The Morgan fingerprint density at radius 2 is 1.83 bits per heavy atom. The summed E-state index contributed by atoms with van der Waals surface area (Å²) in [6.07, 6.45) is 3.49. The first-order valence-corrected chi connectivity index (χ1v) is 8.33. The Bertz CT molecular complexity index is 558. The van der Waals surface area contributed by atoms with Crippen molar-refractivity contribution in [2.75, 3.05) is 6.61 Å². The lowest BCUT2D eigenvalue weighted by Crippen LogP contribution is -2.58. The fourth-order valence-electron chi connectivity index (χ4n) is 3.66. The highest BCUT2D eigenvalue weighted by atomic mass is 16.5. The van der Waals surface area contributed by atoms with Crippen LogP contribution < -0.4 is 5.32 Å². The summed E-state index contributed by atoms with van der Waals surface area (Å²) in [6, 6.07) is 10.2. The van der Waals surface area contributed by atoms with Crippen molar-refractivity contribution < 1.29 is 19.4 Å². The molecule has 1 aliphatic carbocycles. The molecule has 1 aliphatic heterocycles. The number of carboxylic acid groups (broad SMARTS) is 1. The maximum absolute atomic E-state index is 12.3. The smallest absolute Gasteiger partial charge is 0.329 e. The number of carbonyl (C=O) groups is 2. The van der Waals surface area contributed by atoms with Gasteiger partial charge in [-0.1, -0.05) is 30.3 Å². The Morgan fingerprint density at radius 3 is 2.39 bits per heavy atom. The van der Waals surface area contributed by atoms with E-state index in [1.807, 2.05) is 18.2 Å². The van der Waals surface area contributed by atoms with Gasteiger partial charge < -0.3 is 15.2 Å². The molecule has 5 nitrogen and oxygen atoms in total. The number of hydrogen-bond donors (Lipinski definition) is 2. The minimum atomic E-state index is -1.14. The number of amides is 1. The van der Waals surface area contributed by atoms with Crippen LogP contribution in [0.5, 0.6) is 0 Å². The van der Waals surface area contributed by atoms with Gasteiger partial charge in [-0.05, 0) is 50.0 Å². The number of carboxylic acids is 1. The van der Waals surface area contributed by atoms with Crippen LogP contribution in [0.2, 0.25) is 0 Å². The Morgan fingerprint density at radius 1 is 1.13 bits per heavy atom. The van der Waals surface area contributed by atoms with E-state index in [0.29, 0.717) is 31.8 Å². The van der Waals surface area contributed by atoms with Crippen molar-refractivity contribution in [2.24, 2.45) is 0 Å². The lowest BCUT2D eigenvalue weighted by Gasteiger charge is -2.38. The van der Waals surface area contributed by atoms with Crippen molar-refractivity contribution in [3.8, 4) is 0 Å². The number of nitrogens with one attached hydrogen (secondary N) is 1. The molecule has 3 rings (SSSR count). The van der Waals surface area contributed by atoms with Gasteiger partial charge in [0, 0.05) is 6.61 Å². The third kappa shape index (κ3) is 3.39. The zero-order valence-corrected chi connectivity index (χ0v) is 13.2. The third-order valence-corrected chi connectivity index (χ3v) is 5.10. The number of rotatable bonds is 4. The molecular formula is C18H23NO4. The quantitative estimate of drug-likeness (QED) is 0.894. The molecule has 2 fully saturated rings. The zero-order chi connectivity index (χ0) is 16.3. The van der Waals surface area contributed by atoms with E-state index in [9.17, 15) is 14.7 Å². The van der Waals surface area contributed by atoms with Gasteiger partial charge in [0.1, 0.15) is 11.6 Å². The van der Waals surface area contributed by atoms with Crippen LogP contribution in [0.4, 0.5) is 0 Å². The van der Waals surface area contributed by atoms with Crippen molar-refractivity contribution in [2.45, 2.75) is 56.1 Å². The van der Waals surface area contributed by atoms with Crippen LogP contribution in [0.1, 0.15) is 50.0 Å². The van der Waals surface area contributed by atoms with Gasteiger partial charge in [-0.15, -0.1) is 0 Å². The third-order valence-electron chi connectivity index (χ3n) is 5.10. The average molecular weight is 317 g/mol. The van der Waals surface area contributed by atoms with Gasteiger partial charge in [-0.25, -0.2) is 4.79 Å². The van der Waals surface area contributed by atoms with Gasteiger partial charge in [0.15, 0.2) is 0 Å². The summed E-state index contributed by atoms with van der Waals surface area (Å²) in [6.45, 7) is 0.578. The molecule has 1 amide bonds. The van der Waals surface area contributed by atoms with E-state index >= 15 is 0 Å². The van der Waals surface area contributed by atoms with Crippen molar-refractivity contribution in [1.82, 2.24) is 5.32 Å². The lowest BCUT2D eigenvalue weighted by molar-refractivity contribution is -0.151.